The van der Waals surface area contributed by atoms with E-state index in [4.69, 9.17) is 15.2 Å². The molecule has 8 heteroatoms. The fourth-order valence-electron chi connectivity index (χ4n) is 2.24. The van der Waals surface area contributed by atoms with Crippen molar-refractivity contribution in [1.82, 2.24) is 5.32 Å². The summed E-state index contributed by atoms with van der Waals surface area (Å²) < 4.78 is 23.2. The Labute approximate surface area is 155 Å². The normalized spacial score (nSPS) is 11.3. The highest BCUT2D eigenvalue weighted by atomic mass is 19.1. The first-order valence-electron chi connectivity index (χ1n) is 8.10. The average Bonchev–Trinajstić information content (AvgIpc) is 2.65. The van der Waals surface area contributed by atoms with Crippen LogP contribution in [0, 0.1) is 5.82 Å². The van der Waals surface area contributed by atoms with Crippen molar-refractivity contribution >= 4 is 18.0 Å². The van der Waals surface area contributed by atoms with Gasteiger partial charge < -0.3 is 20.5 Å². The van der Waals surface area contributed by atoms with Crippen LogP contribution in [0.5, 0.6) is 0 Å². The van der Waals surface area contributed by atoms with Gasteiger partial charge in [0.2, 0.25) is 0 Å². The number of esters is 1. The highest BCUT2D eigenvalue weighted by Crippen LogP contribution is 2.08. The highest BCUT2D eigenvalue weighted by Gasteiger charge is 2.24. The lowest BCUT2D eigenvalue weighted by Crippen LogP contribution is -2.44. The minimum atomic E-state index is -1.17. The number of alkyl carbamates (subject to hydrolysis) is 1. The van der Waals surface area contributed by atoms with E-state index in [0.717, 1.165) is 5.56 Å². The van der Waals surface area contributed by atoms with Gasteiger partial charge in [0.15, 0.2) is 6.61 Å². The summed E-state index contributed by atoms with van der Waals surface area (Å²) in [5.41, 5.74) is 6.18. The third-order valence-electron chi connectivity index (χ3n) is 3.47. The molecule has 2 aromatic rings. The van der Waals surface area contributed by atoms with Crippen LogP contribution in [0.4, 0.5) is 9.18 Å². The van der Waals surface area contributed by atoms with E-state index in [-0.39, 0.29) is 13.0 Å². The predicted octanol–water partition coefficient (Wildman–Crippen LogP) is 1.69. The standard InChI is InChI=1S/C19H19FN2O5/c20-15-8-4-7-14(9-15)10-16(18(24)26-12-17(21)23)22-19(25)27-11-13-5-2-1-3-6-13/h1-9,16H,10-12H2,(H2,21,23)(H,22,25). The fraction of sp³-hybridized carbons (Fsp3) is 0.211. The van der Waals surface area contributed by atoms with Crippen LogP contribution < -0.4 is 11.1 Å². The van der Waals surface area contributed by atoms with Crippen molar-refractivity contribution < 1.29 is 28.2 Å². The Morgan fingerprint density at radius 1 is 1.00 bits per heavy atom. The molecule has 0 heterocycles. The van der Waals surface area contributed by atoms with Gasteiger partial charge in [0.25, 0.3) is 5.91 Å². The highest BCUT2D eigenvalue weighted by molar-refractivity contribution is 5.84. The van der Waals surface area contributed by atoms with E-state index in [1.165, 1.54) is 18.2 Å². The summed E-state index contributed by atoms with van der Waals surface area (Å²) in [5, 5.41) is 2.37. The van der Waals surface area contributed by atoms with Gasteiger partial charge in [-0.15, -0.1) is 0 Å². The van der Waals surface area contributed by atoms with E-state index < -0.39 is 36.4 Å². The largest absolute Gasteiger partial charge is 0.454 e. The molecule has 0 spiro atoms. The maximum Gasteiger partial charge on any atom is 0.408 e. The van der Waals surface area contributed by atoms with Crippen LogP contribution in [0.15, 0.2) is 54.6 Å². The molecular weight excluding hydrogens is 355 g/mol. The number of rotatable bonds is 8. The second kappa shape index (κ2) is 9.91. The number of carbonyl (C=O) groups is 3. The molecule has 0 saturated heterocycles. The van der Waals surface area contributed by atoms with Gasteiger partial charge in [0.05, 0.1) is 0 Å². The zero-order valence-corrected chi connectivity index (χ0v) is 14.4. The second-order valence-corrected chi connectivity index (χ2v) is 5.67. The number of primary amides is 1. The van der Waals surface area contributed by atoms with E-state index in [0.29, 0.717) is 5.56 Å². The first kappa shape index (κ1) is 19.9. The molecule has 2 rings (SSSR count). The van der Waals surface area contributed by atoms with Crippen LogP contribution in [0.25, 0.3) is 0 Å². The Hall–Kier alpha value is -3.42. The van der Waals surface area contributed by atoms with E-state index in [9.17, 15) is 18.8 Å². The van der Waals surface area contributed by atoms with E-state index in [1.54, 1.807) is 30.3 Å². The number of amides is 2. The quantitative estimate of drug-likeness (QED) is 0.684. The molecule has 0 aliphatic rings. The van der Waals surface area contributed by atoms with Crippen LogP contribution in [0.1, 0.15) is 11.1 Å². The van der Waals surface area contributed by atoms with Gasteiger partial charge in [-0.3, -0.25) is 4.79 Å². The van der Waals surface area contributed by atoms with Gasteiger partial charge in [-0.2, -0.15) is 0 Å². The van der Waals surface area contributed by atoms with Crippen molar-refractivity contribution in [2.45, 2.75) is 19.1 Å². The minimum Gasteiger partial charge on any atom is -0.454 e. The zero-order chi connectivity index (χ0) is 19.6. The third kappa shape index (κ3) is 7.15. The summed E-state index contributed by atoms with van der Waals surface area (Å²) >= 11 is 0. The Morgan fingerprint density at radius 2 is 1.70 bits per heavy atom. The number of carbonyl (C=O) groups excluding carboxylic acids is 3. The van der Waals surface area contributed by atoms with Crippen molar-refractivity contribution in [2.75, 3.05) is 6.61 Å². The summed E-state index contributed by atoms with van der Waals surface area (Å²) in [7, 11) is 0. The zero-order valence-electron chi connectivity index (χ0n) is 14.4. The third-order valence-corrected chi connectivity index (χ3v) is 3.47. The van der Waals surface area contributed by atoms with Crippen LogP contribution in [0.2, 0.25) is 0 Å². The van der Waals surface area contributed by atoms with Crippen LogP contribution in [-0.4, -0.2) is 30.6 Å². The first-order chi connectivity index (χ1) is 12.9. The maximum absolute atomic E-state index is 13.4. The van der Waals surface area contributed by atoms with Gasteiger partial charge in [-0.25, -0.2) is 14.0 Å². The number of nitrogens with two attached hydrogens (primary N) is 1. The molecule has 27 heavy (non-hydrogen) atoms. The van der Waals surface area contributed by atoms with Crippen molar-refractivity contribution in [3.05, 3.63) is 71.5 Å². The number of ether oxygens (including phenoxy) is 2. The van der Waals surface area contributed by atoms with Crippen LogP contribution in [-0.2, 0) is 32.1 Å². The van der Waals surface area contributed by atoms with Crippen molar-refractivity contribution in [2.24, 2.45) is 5.73 Å². The molecule has 0 bridgehead atoms. The molecule has 1 unspecified atom stereocenters. The van der Waals surface area contributed by atoms with Crippen molar-refractivity contribution in [3.8, 4) is 0 Å². The SMILES string of the molecule is NC(=O)COC(=O)C(Cc1cccc(F)c1)NC(=O)OCc1ccccc1. The van der Waals surface area contributed by atoms with Gasteiger partial charge in [-0.05, 0) is 23.3 Å². The second-order valence-electron chi connectivity index (χ2n) is 5.67. The molecule has 0 fully saturated rings. The Bertz CT molecular complexity index is 798. The minimum absolute atomic E-state index is 0.00962. The molecule has 0 aliphatic carbocycles. The Kier molecular flexibility index (Phi) is 7.30. The first-order valence-corrected chi connectivity index (χ1v) is 8.10. The topological polar surface area (TPSA) is 108 Å². The molecule has 0 radical (unpaired) electrons. The number of benzene rings is 2. The molecule has 2 amide bonds. The fourth-order valence-corrected chi connectivity index (χ4v) is 2.24. The number of nitrogens with one attached hydrogen (secondary N) is 1. The van der Waals surface area contributed by atoms with Gasteiger partial charge in [0.1, 0.15) is 18.5 Å². The van der Waals surface area contributed by atoms with Crippen molar-refractivity contribution in [1.29, 1.82) is 0 Å². The van der Waals surface area contributed by atoms with Gasteiger partial charge >= 0.3 is 12.1 Å². The van der Waals surface area contributed by atoms with E-state index >= 15 is 0 Å². The number of halogens is 1. The van der Waals surface area contributed by atoms with Gasteiger partial charge in [0, 0.05) is 6.42 Å². The molecule has 0 saturated carbocycles. The lowest BCUT2D eigenvalue weighted by atomic mass is 10.1. The van der Waals surface area contributed by atoms with E-state index in [1.807, 2.05) is 6.07 Å². The lowest BCUT2D eigenvalue weighted by molar-refractivity contribution is -0.149. The summed E-state index contributed by atoms with van der Waals surface area (Å²) in [5.74, 6) is -2.20. The Balaban J connectivity index is 2.00. The molecular formula is C19H19FN2O5. The predicted molar refractivity (Wildman–Crippen MR) is 93.8 cm³/mol. The summed E-state index contributed by atoms with van der Waals surface area (Å²) in [6, 6.07) is 13.4. The molecule has 1 atom stereocenters. The molecule has 7 nitrogen and oxygen atoms in total. The summed E-state index contributed by atoms with van der Waals surface area (Å²) in [6.45, 7) is -0.616. The number of hydrogen-bond acceptors (Lipinski definition) is 5. The molecule has 2 aromatic carbocycles. The molecule has 0 aliphatic heterocycles. The average molecular weight is 374 g/mol. The summed E-state index contributed by atoms with van der Waals surface area (Å²) in [6.07, 6.45) is -0.897. The molecule has 3 N–H and O–H groups in total. The van der Waals surface area contributed by atoms with Crippen LogP contribution >= 0.6 is 0 Å². The lowest BCUT2D eigenvalue weighted by Gasteiger charge is -2.17. The molecule has 0 aromatic heterocycles. The van der Waals surface area contributed by atoms with Gasteiger partial charge in [-0.1, -0.05) is 42.5 Å². The summed E-state index contributed by atoms with van der Waals surface area (Å²) in [4.78, 5) is 35.0. The number of hydrogen-bond donors (Lipinski definition) is 2. The Morgan fingerprint density at radius 3 is 2.37 bits per heavy atom. The smallest absolute Gasteiger partial charge is 0.408 e. The monoisotopic (exact) mass is 374 g/mol. The van der Waals surface area contributed by atoms with E-state index in [2.05, 4.69) is 5.32 Å². The van der Waals surface area contributed by atoms with Crippen LogP contribution in [0.3, 0.4) is 0 Å². The molecule has 142 valence electrons. The maximum atomic E-state index is 13.4. The van der Waals surface area contributed by atoms with Crippen molar-refractivity contribution in [3.63, 3.8) is 0 Å².